The Balaban J connectivity index is 2.50. The third-order valence-electron chi connectivity index (χ3n) is 2.50. The lowest BCUT2D eigenvalue weighted by Gasteiger charge is -2.16. The van der Waals surface area contributed by atoms with Crippen LogP contribution < -0.4 is 11.3 Å². The lowest BCUT2D eigenvalue weighted by Crippen LogP contribution is -2.29. The highest BCUT2D eigenvalue weighted by atomic mass is 32.1. The maximum atomic E-state index is 13.7. The summed E-state index contributed by atoms with van der Waals surface area (Å²) in [6.07, 6.45) is 0. The number of hydrogen-bond donors (Lipinski definition) is 2. The molecule has 3 N–H and O–H groups in total. The molecule has 0 amide bonds. The Morgan fingerprint density at radius 2 is 2.18 bits per heavy atom. The van der Waals surface area contributed by atoms with E-state index in [0.29, 0.717) is 0 Å². The number of rotatable bonds is 3. The average Bonchev–Trinajstić information content (AvgIpc) is 2.72. The quantitative estimate of drug-likeness (QED) is 0.653. The molecule has 0 aliphatic rings. The SMILES string of the molecule is Cc1ncsc1C(NN)c1cccc(F)c1F. The van der Waals surface area contributed by atoms with Crippen molar-refractivity contribution < 1.29 is 8.78 Å². The van der Waals surface area contributed by atoms with Crippen LogP contribution >= 0.6 is 11.3 Å². The van der Waals surface area contributed by atoms with E-state index in [1.807, 2.05) is 0 Å². The fraction of sp³-hybridized carbons (Fsp3) is 0.182. The van der Waals surface area contributed by atoms with Crippen LogP contribution in [0, 0.1) is 18.6 Å². The lowest BCUT2D eigenvalue weighted by atomic mass is 10.0. The first-order valence-electron chi connectivity index (χ1n) is 4.95. The van der Waals surface area contributed by atoms with Gasteiger partial charge in [-0.2, -0.15) is 0 Å². The van der Waals surface area contributed by atoms with E-state index in [9.17, 15) is 8.78 Å². The van der Waals surface area contributed by atoms with Gasteiger partial charge in [-0.3, -0.25) is 5.84 Å². The smallest absolute Gasteiger partial charge is 0.164 e. The summed E-state index contributed by atoms with van der Waals surface area (Å²) >= 11 is 1.35. The van der Waals surface area contributed by atoms with Crippen molar-refractivity contribution in [3.63, 3.8) is 0 Å². The van der Waals surface area contributed by atoms with Gasteiger partial charge in [0.2, 0.25) is 0 Å². The number of benzene rings is 1. The molecule has 0 spiro atoms. The number of halogens is 2. The van der Waals surface area contributed by atoms with Crippen molar-refractivity contribution >= 4 is 11.3 Å². The van der Waals surface area contributed by atoms with Crippen molar-refractivity contribution in [2.75, 3.05) is 0 Å². The molecule has 1 aromatic carbocycles. The molecule has 0 aliphatic heterocycles. The zero-order chi connectivity index (χ0) is 12.4. The summed E-state index contributed by atoms with van der Waals surface area (Å²) in [6, 6.07) is 3.45. The lowest BCUT2D eigenvalue weighted by molar-refractivity contribution is 0.484. The highest BCUT2D eigenvalue weighted by Gasteiger charge is 2.21. The number of aryl methyl sites for hydroxylation is 1. The van der Waals surface area contributed by atoms with Crippen molar-refractivity contribution in [3.8, 4) is 0 Å². The Morgan fingerprint density at radius 3 is 2.76 bits per heavy atom. The zero-order valence-corrected chi connectivity index (χ0v) is 9.89. The molecule has 2 aromatic rings. The normalized spacial score (nSPS) is 12.7. The summed E-state index contributed by atoms with van der Waals surface area (Å²) in [7, 11) is 0. The molecule has 6 heteroatoms. The van der Waals surface area contributed by atoms with Gasteiger partial charge in [-0.25, -0.2) is 19.2 Å². The second-order valence-electron chi connectivity index (χ2n) is 3.54. The van der Waals surface area contributed by atoms with E-state index in [1.165, 1.54) is 23.5 Å². The van der Waals surface area contributed by atoms with Gasteiger partial charge in [0.05, 0.1) is 22.1 Å². The van der Waals surface area contributed by atoms with E-state index in [-0.39, 0.29) is 5.56 Å². The maximum absolute atomic E-state index is 13.7. The summed E-state index contributed by atoms with van der Waals surface area (Å²) in [5.41, 5.74) is 5.07. The summed E-state index contributed by atoms with van der Waals surface area (Å²) in [5.74, 6) is 3.65. The number of hydrogen-bond acceptors (Lipinski definition) is 4. The highest BCUT2D eigenvalue weighted by Crippen LogP contribution is 2.29. The molecule has 2 rings (SSSR count). The van der Waals surface area contributed by atoms with Crippen LogP contribution in [-0.2, 0) is 0 Å². The largest absolute Gasteiger partial charge is 0.271 e. The first-order valence-corrected chi connectivity index (χ1v) is 5.83. The van der Waals surface area contributed by atoms with Crippen LogP contribution in [0.1, 0.15) is 22.2 Å². The van der Waals surface area contributed by atoms with Crippen molar-refractivity contribution in [2.45, 2.75) is 13.0 Å². The van der Waals surface area contributed by atoms with E-state index in [2.05, 4.69) is 10.4 Å². The molecule has 1 unspecified atom stereocenters. The number of thiazole rings is 1. The Labute approximate surface area is 101 Å². The minimum atomic E-state index is -0.886. The molecule has 0 aliphatic carbocycles. The second kappa shape index (κ2) is 4.87. The van der Waals surface area contributed by atoms with Crippen LogP contribution in [-0.4, -0.2) is 4.98 Å². The number of hydrazine groups is 1. The van der Waals surface area contributed by atoms with Crippen LogP contribution in [0.25, 0.3) is 0 Å². The van der Waals surface area contributed by atoms with Gasteiger partial charge in [0.25, 0.3) is 0 Å². The fourth-order valence-corrected chi connectivity index (χ4v) is 2.52. The Bertz CT molecular complexity index is 527. The molecule has 17 heavy (non-hydrogen) atoms. The standard InChI is InChI=1S/C11H11F2N3S/c1-6-11(17-5-15-6)10(16-14)7-3-2-4-8(12)9(7)13/h2-5,10,16H,14H2,1H3. The molecule has 0 saturated heterocycles. The van der Waals surface area contributed by atoms with E-state index in [4.69, 9.17) is 5.84 Å². The van der Waals surface area contributed by atoms with Gasteiger partial charge < -0.3 is 0 Å². The number of nitrogens with one attached hydrogen (secondary N) is 1. The number of nitrogens with two attached hydrogens (primary N) is 1. The first kappa shape index (κ1) is 12.1. The van der Waals surface area contributed by atoms with Crippen LogP contribution in [0.4, 0.5) is 8.78 Å². The number of aromatic nitrogens is 1. The highest BCUT2D eigenvalue weighted by molar-refractivity contribution is 7.09. The second-order valence-corrected chi connectivity index (χ2v) is 4.43. The van der Waals surface area contributed by atoms with Crippen molar-refractivity contribution in [3.05, 3.63) is 51.5 Å². The van der Waals surface area contributed by atoms with Gasteiger partial charge >= 0.3 is 0 Å². The minimum absolute atomic E-state index is 0.180. The third kappa shape index (κ3) is 2.19. The summed E-state index contributed by atoms with van der Waals surface area (Å²) in [4.78, 5) is 4.84. The van der Waals surface area contributed by atoms with Gasteiger partial charge in [-0.05, 0) is 13.0 Å². The van der Waals surface area contributed by atoms with Gasteiger partial charge in [-0.15, -0.1) is 11.3 Å². The van der Waals surface area contributed by atoms with Gasteiger partial charge in [0.1, 0.15) is 0 Å². The minimum Gasteiger partial charge on any atom is -0.271 e. The van der Waals surface area contributed by atoms with Crippen LogP contribution in [0.3, 0.4) is 0 Å². The van der Waals surface area contributed by atoms with Gasteiger partial charge in [-0.1, -0.05) is 12.1 Å². The molecule has 0 fully saturated rings. The summed E-state index contributed by atoms with van der Waals surface area (Å²) in [6.45, 7) is 1.80. The predicted octanol–water partition coefficient (Wildman–Crippen LogP) is 2.28. The zero-order valence-electron chi connectivity index (χ0n) is 9.08. The molecule has 0 saturated carbocycles. The third-order valence-corrected chi connectivity index (χ3v) is 3.50. The van der Waals surface area contributed by atoms with Crippen molar-refractivity contribution in [2.24, 2.45) is 5.84 Å². The Hall–Kier alpha value is -1.37. The van der Waals surface area contributed by atoms with Gasteiger partial charge in [0, 0.05) is 5.56 Å². The van der Waals surface area contributed by atoms with Crippen LogP contribution in [0.15, 0.2) is 23.7 Å². The molecule has 0 bridgehead atoms. The monoisotopic (exact) mass is 255 g/mol. The van der Waals surface area contributed by atoms with Crippen LogP contribution in [0.2, 0.25) is 0 Å². The molecular weight excluding hydrogens is 244 g/mol. The molecule has 1 heterocycles. The molecule has 1 atom stereocenters. The summed E-state index contributed by atoms with van der Waals surface area (Å²) < 4.78 is 26.8. The Morgan fingerprint density at radius 1 is 1.41 bits per heavy atom. The van der Waals surface area contributed by atoms with Crippen LogP contribution in [0.5, 0.6) is 0 Å². The fourth-order valence-electron chi connectivity index (χ4n) is 1.64. The Kier molecular flexibility index (Phi) is 3.46. The molecule has 90 valence electrons. The van der Waals surface area contributed by atoms with E-state index in [0.717, 1.165) is 16.6 Å². The number of nitrogens with zero attached hydrogens (tertiary/aromatic N) is 1. The molecule has 3 nitrogen and oxygen atoms in total. The van der Waals surface area contributed by atoms with Crippen molar-refractivity contribution in [1.29, 1.82) is 0 Å². The first-order chi connectivity index (χ1) is 8.15. The molecule has 1 aromatic heterocycles. The van der Waals surface area contributed by atoms with Crippen molar-refractivity contribution in [1.82, 2.24) is 10.4 Å². The van der Waals surface area contributed by atoms with E-state index in [1.54, 1.807) is 12.4 Å². The predicted molar refractivity (Wildman–Crippen MR) is 62.4 cm³/mol. The topological polar surface area (TPSA) is 50.9 Å². The maximum Gasteiger partial charge on any atom is 0.164 e. The van der Waals surface area contributed by atoms with E-state index >= 15 is 0 Å². The molecule has 0 radical (unpaired) electrons. The average molecular weight is 255 g/mol. The van der Waals surface area contributed by atoms with Gasteiger partial charge in [0.15, 0.2) is 11.6 Å². The van der Waals surface area contributed by atoms with E-state index < -0.39 is 17.7 Å². The molecular formula is C11H11F2N3S. The summed E-state index contributed by atoms with van der Waals surface area (Å²) in [5, 5.41) is 0.